The monoisotopic (exact) mass is 330 g/mol. The third kappa shape index (κ3) is 3.56. The Labute approximate surface area is 145 Å². The maximum atomic E-state index is 12.9. The van der Waals surface area contributed by atoms with Crippen LogP contribution < -0.4 is 5.32 Å². The molecule has 24 heavy (non-hydrogen) atoms. The van der Waals surface area contributed by atoms with Crippen LogP contribution in [-0.4, -0.2) is 46.3 Å². The second-order valence-corrected chi connectivity index (χ2v) is 7.49. The molecule has 0 bridgehead atoms. The number of nitrogens with zero attached hydrogens (tertiary/aromatic N) is 3. The molecule has 0 saturated carbocycles. The highest BCUT2D eigenvalue weighted by Gasteiger charge is 2.31. The molecule has 1 atom stereocenters. The smallest absolute Gasteiger partial charge is 0.274 e. The van der Waals surface area contributed by atoms with Crippen LogP contribution in [0.25, 0.3) is 0 Å². The topological polar surface area (TPSA) is 50.2 Å². The lowest BCUT2D eigenvalue weighted by Gasteiger charge is -2.25. The SMILES string of the molecule is C=CCn1nc(C(=O)N2CCCC2)c2c1CCC(NCC(C)C)C2. The van der Waals surface area contributed by atoms with Gasteiger partial charge in [-0.2, -0.15) is 5.10 Å². The van der Waals surface area contributed by atoms with E-state index in [-0.39, 0.29) is 5.91 Å². The quantitative estimate of drug-likeness (QED) is 0.815. The Morgan fingerprint density at radius 1 is 1.42 bits per heavy atom. The molecule has 1 aromatic rings. The molecule has 0 radical (unpaired) electrons. The average molecular weight is 330 g/mol. The van der Waals surface area contributed by atoms with E-state index in [1.54, 1.807) is 0 Å². The van der Waals surface area contributed by atoms with Crippen molar-refractivity contribution in [2.45, 2.75) is 58.5 Å². The predicted octanol–water partition coefficient (Wildman–Crippen LogP) is 2.41. The first kappa shape index (κ1) is 17.2. The van der Waals surface area contributed by atoms with E-state index in [1.807, 2.05) is 15.7 Å². The molecule has 1 N–H and O–H groups in total. The summed E-state index contributed by atoms with van der Waals surface area (Å²) in [5, 5.41) is 8.34. The first-order valence-corrected chi connectivity index (χ1v) is 9.32. The van der Waals surface area contributed by atoms with Gasteiger partial charge in [-0.05, 0) is 44.6 Å². The summed E-state index contributed by atoms with van der Waals surface area (Å²) in [4.78, 5) is 14.9. The van der Waals surface area contributed by atoms with E-state index in [4.69, 9.17) is 0 Å². The number of carbonyl (C=O) groups excluding carboxylic acids is 1. The Morgan fingerprint density at radius 3 is 2.83 bits per heavy atom. The maximum Gasteiger partial charge on any atom is 0.274 e. The number of allylic oxidation sites excluding steroid dienone is 1. The number of aromatic nitrogens is 2. The zero-order valence-corrected chi connectivity index (χ0v) is 15.1. The molecule has 2 heterocycles. The molecule has 1 amide bonds. The minimum atomic E-state index is 0.121. The van der Waals surface area contributed by atoms with E-state index < -0.39 is 0 Å². The first-order chi connectivity index (χ1) is 11.6. The van der Waals surface area contributed by atoms with Gasteiger partial charge in [-0.1, -0.05) is 19.9 Å². The summed E-state index contributed by atoms with van der Waals surface area (Å²) in [5.41, 5.74) is 3.09. The van der Waals surface area contributed by atoms with E-state index >= 15 is 0 Å². The second kappa shape index (κ2) is 7.51. The molecule has 1 aliphatic carbocycles. The summed E-state index contributed by atoms with van der Waals surface area (Å²) < 4.78 is 1.99. The van der Waals surface area contributed by atoms with Crippen LogP contribution in [-0.2, 0) is 19.4 Å². The second-order valence-electron chi connectivity index (χ2n) is 7.49. The normalized spacial score (nSPS) is 20.5. The van der Waals surface area contributed by atoms with Crippen molar-refractivity contribution in [3.05, 3.63) is 29.6 Å². The molecular formula is C19H30N4O. The van der Waals surface area contributed by atoms with Crippen molar-refractivity contribution in [2.75, 3.05) is 19.6 Å². The minimum absolute atomic E-state index is 0.121. The average Bonchev–Trinajstić information content (AvgIpc) is 3.21. The van der Waals surface area contributed by atoms with Gasteiger partial charge in [0.1, 0.15) is 0 Å². The van der Waals surface area contributed by atoms with Crippen LogP contribution in [0, 0.1) is 5.92 Å². The Bertz CT molecular complexity index is 599. The Kier molecular flexibility index (Phi) is 5.39. The van der Waals surface area contributed by atoms with Crippen molar-refractivity contribution in [2.24, 2.45) is 5.92 Å². The van der Waals surface area contributed by atoms with Gasteiger partial charge in [-0.3, -0.25) is 9.48 Å². The van der Waals surface area contributed by atoms with Gasteiger partial charge in [-0.25, -0.2) is 0 Å². The first-order valence-electron chi connectivity index (χ1n) is 9.32. The van der Waals surface area contributed by atoms with Crippen LogP contribution in [0.4, 0.5) is 0 Å². The molecule has 3 rings (SSSR count). The summed E-state index contributed by atoms with van der Waals surface area (Å²) in [6, 6.07) is 0.450. The summed E-state index contributed by atoms with van der Waals surface area (Å²) in [6.07, 6.45) is 7.09. The van der Waals surface area contributed by atoms with Gasteiger partial charge in [-0.15, -0.1) is 6.58 Å². The van der Waals surface area contributed by atoms with Crippen molar-refractivity contribution in [3.63, 3.8) is 0 Å². The molecule has 1 unspecified atom stereocenters. The highest BCUT2D eigenvalue weighted by Crippen LogP contribution is 2.27. The van der Waals surface area contributed by atoms with Crippen LogP contribution >= 0.6 is 0 Å². The number of likely N-dealkylation sites (tertiary alicyclic amines) is 1. The fourth-order valence-corrected chi connectivity index (χ4v) is 3.78. The summed E-state index contributed by atoms with van der Waals surface area (Å²) >= 11 is 0. The van der Waals surface area contributed by atoms with Gasteiger partial charge < -0.3 is 10.2 Å². The van der Waals surface area contributed by atoms with E-state index in [0.29, 0.717) is 24.2 Å². The van der Waals surface area contributed by atoms with Gasteiger partial charge in [0.2, 0.25) is 0 Å². The highest BCUT2D eigenvalue weighted by molar-refractivity contribution is 5.94. The van der Waals surface area contributed by atoms with E-state index in [0.717, 1.165) is 51.7 Å². The largest absolute Gasteiger partial charge is 0.337 e. The van der Waals surface area contributed by atoms with Crippen LogP contribution in [0.15, 0.2) is 12.7 Å². The van der Waals surface area contributed by atoms with Crippen LogP contribution in [0.3, 0.4) is 0 Å². The van der Waals surface area contributed by atoms with Crippen molar-refractivity contribution in [1.29, 1.82) is 0 Å². The highest BCUT2D eigenvalue weighted by atomic mass is 16.2. The van der Waals surface area contributed by atoms with Gasteiger partial charge in [0.15, 0.2) is 5.69 Å². The summed E-state index contributed by atoms with van der Waals surface area (Å²) in [7, 11) is 0. The molecule has 132 valence electrons. The van der Waals surface area contributed by atoms with Crippen molar-refractivity contribution in [3.8, 4) is 0 Å². The van der Waals surface area contributed by atoms with Crippen molar-refractivity contribution >= 4 is 5.91 Å². The molecule has 0 aromatic carbocycles. The van der Waals surface area contributed by atoms with Gasteiger partial charge in [0.05, 0.1) is 6.54 Å². The number of hydrogen-bond acceptors (Lipinski definition) is 3. The Balaban J connectivity index is 1.84. The Morgan fingerprint density at radius 2 is 2.17 bits per heavy atom. The number of hydrogen-bond donors (Lipinski definition) is 1. The molecule has 5 nitrogen and oxygen atoms in total. The van der Waals surface area contributed by atoms with Gasteiger partial charge >= 0.3 is 0 Å². The molecule has 2 aliphatic rings. The van der Waals surface area contributed by atoms with Crippen molar-refractivity contribution < 1.29 is 4.79 Å². The molecule has 1 aliphatic heterocycles. The maximum absolute atomic E-state index is 12.9. The molecule has 0 spiro atoms. The molecule has 5 heteroatoms. The van der Waals surface area contributed by atoms with Crippen molar-refractivity contribution in [1.82, 2.24) is 20.0 Å². The van der Waals surface area contributed by atoms with Gasteiger partial charge in [0, 0.05) is 30.4 Å². The van der Waals surface area contributed by atoms with Crippen LogP contribution in [0.1, 0.15) is 54.9 Å². The zero-order chi connectivity index (χ0) is 17.1. The lowest BCUT2D eigenvalue weighted by molar-refractivity contribution is 0.0785. The number of amides is 1. The molecule has 1 saturated heterocycles. The van der Waals surface area contributed by atoms with E-state index in [2.05, 4.69) is 30.8 Å². The lowest BCUT2D eigenvalue weighted by atomic mass is 9.90. The van der Waals surface area contributed by atoms with E-state index in [9.17, 15) is 4.79 Å². The zero-order valence-electron chi connectivity index (χ0n) is 15.1. The van der Waals surface area contributed by atoms with E-state index in [1.165, 1.54) is 11.3 Å². The Hall–Kier alpha value is -1.62. The summed E-state index contributed by atoms with van der Waals surface area (Å²) in [6.45, 7) is 11.7. The molecule has 1 fully saturated rings. The fraction of sp³-hybridized carbons (Fsp3) is 0.684. The molecular weight excluding hydrogens is 300 g/mol. The fourth-order valence-electron chi connectivity index (χ4n) is 3.78. The predicted molar refractivity (Wildman–Crippen MR) is 96.2 cm³/mol. The number of carbonyl (C=O) groups is 1. The standard InChI is InChI=1S/C19H30N4O/c1-4-9-23-17-8-7-15(20-13-14(2)3)12-16(17)18(21-23)19(24)22-10-5-6-11-22/h4,14-15,20H,1,5-13H2,2-3H3. The third-order valence-electron chi connectivity index (χ3n) is 5.06. The number of rotatable bonds is 6. The lowest BCUT2D eigenvalue weighted by Crippen LogP contribution is -2.37. The number of fused-ring (bicyclic) bond motifs is 1. The van der Waals surface area contributed by atoms with Crippen LogP contribution in [0.5, 0.6) is 0 Å². The third-order valence-corrected chi connectivity index (χ3v) is 5.06. The van der Waals surface area contributed by atoms with Gasteiger partial charge in [0.25, 0.3) is 5.91 Å². The number of nitrogens with one attached hydrogen (secondary N) is 1. The van der Waals surface area contributed by atoms with Crippen LogP contribution in [0.2, 0.25) is 0 Å². The summed E-state index contributed by atoms with van der Waals surface area (Å²) in [5.74, 6) is 0.761. The molecule has 1 aromatic heterocycles. The minimum Gasteiger partial charge on any atom is -0.337 e.